The number of ether oxygens (including phenoxy) is 1. The molecule has 1 aromatic rings. The number of halogens is 1. The van der Waals surface area contributed by atoms with Gasteiger partial charge in [-0.3, -0.25) is 9.69 Å². The van der Waals surface area contributed by atoms with E-state index < -0.39 is 17.7 Å². The van der Waals surface area contributed by atoms with Gasteiger partial charge in [0.1, 0.15) is 11.6 Å². The number of likely N-dealkylation sites (N-methyl/N-ethyl adjacent to an activating group) is 1. The van der Waals surface area contributed by atoms with Crippen molar-refractivity contribution < 1.29 is 14.3 Å². The smallest absolute Gasteiger partial charge is 0.410 e. The molecule has 1 heterocycles. The molecule has 6 heteroatoms. The van der Waals surface area contributed by atoms with Gasteiger partial charge in [0.15, 0.2) is 0 Å². The minimum atomic E-state index is -0.579. The fourth-order valence-corrected chi connectivity index (χ4v) is 3.31. The van der Waals surface area contributed by atoms with Crippen LogP contribution in [0.2, 0.25) is 5.02 Å². The zero-order valence-corrected chi connectivity index (χ0v) is 16.9. The van der Waals surface area contributed by atoms with E-state index >= 15 is 0 Å². The van der Waals surface area contributed by atoms with Crippen molar-refractivity contribution in [1.82, 2.24) is 9.80 Å². The van der Waals surface area contributed by atoms with E-state index in [0.29, 0.717) is 31.1 Å². The molecule has 0 N–H and O–H groups in total. The second kappa shape index (κ2) is 8.76. The molecule has 0 aromatic heterocycles. The van der Waals surface area contributed by atoms with Crippen LogP contribution in [0.15, 0.2) is 24.3 Å². The molecule has 1 aliphatic rings. The highest BCUT2D eigenvalue weighted by molar-refractivity contribution is 6.31. The number of likely N-dealkylation sites (tertiary alicyclic amines) is 1. The van der Waals surface area contributed by atoms with Gasteiger partial charge >= 0.3 is 6.09 Å². The van der Waals surface area contributed by atoms with Gasteiger partial charge in [0, 0.05) is 24.7 Å². The summed E-state index contributed by atoms with van der Waals surface area (Å²) in [5, 5.41) is 0.645. The summed E-state index contributed by atoms with van der Waals surface area (Å²) in [6.45, 7) is 8.99. The van der Waals surface area contributed by atoms with Crippen LogP contribution in [0.1, 0.15) is 52.5 Å². The van der Waals surface area contributed by atoms with Gasteiger partial charge in [-0.2, -0.15) is 0 Å². The Morgan fingerprint density at radius 2 is 1.96 bits per heavy atom. The number of benzene rings is 1. The first-order valence-corrected chi connectivity index (χ1v) is 9.62. The van der Waals surface area contributed by atoms with Crippen LogP contribution in [0.4, 0.5) is 4.79 Å². The summed E-state index contributed by atoms with van der Waals surface area (Å²) in [7, 11) is 0. The third-order valence-electron chi connectivity index (χ3n) is 4.43. The number of piperidine rings is 1. The van der Waals surface area contributed by atoms with Crippen LogP contribution in [-0.4, -0.2) is 46.5 Å². The molecule has 1 atom stereocenters. The van der Waals surface area contributed by atoms with Crippen LogP contribution < -0.4 is 0 Å². The molecule has 0 aliphatic carbocycles. The molecular weight excluding hydrogens is 352 g/mol. The second-order valence-electron chi connectivity index (χ2n) is 7.63. The Bertz CT molecular complexity index is 642. The molecule has 2 rings (SSSR count). The number of carbonyl (C=O) groups excluding carboxylic acids is 2. The largest absolute Gasteiger partial charge is 0.444 e. The van der Waals surface area contributed by atoms with Crippen molar-refractivity contribution in [2.24, 2.45) is 0 Å². The van der Waals surface area contributed by atoms with Crippen LogP contribution in [0.25, 0.3) is 0 Å². The van der Waals surface area contributed by atoms with Gasteiger partial charge in [0.05, 0.1) is 0 Å². The van der Waals surface area contributed by atoms with Gasteiger partial charge < -0.3 is 9.64 Å². The van der Waals surface area contributed by atoms with Crippen molar-refractivity contribution in [3.63, 3.8) is 0 Å². The maximum absolute atomic E-state index is 13.2. The standard InChI is InChI=1S/C20H29ClN2O3/c1-5-22(14-15-10-6-7-11-16(15)21)18(24)17-12-8-9-13-23(17)19(25)26-20(2,3)4/h6-7,10-11,17H,5,8-9,12-14H2,1-4H3/t17-/m1/s1. The van der Waals surface area contributed by atoms with Crippen molar-refractivity contribution in [2.75, 3.05) is 13.1 Å². The first-order chi connectivity index (χ1) is 12.2. The van der Waals surface area contributed by atoms with E-state index in [0.717, 1.165) is 18.4 Å². The first-order valence-electron chi connectivity index (χ1n) is 9.24. The predicted octanol–water partition coefficient (Wildman–Crippen LogP) is 4.48. The van der Waals surface area contributed by atoms with E-state index in [-0.39, 0.29) is 5.91 Å². The Morgan fingerprint density at radius 1 is 1.27 bits per heavy atom. The van der Waals surface area contributed by atoms with Crippen LogP contribution in [0.3, 0.4) is 0 Å². The number of rotatable bonds is 4. The normalized spacial score (nSPS) is 17.7. The lowest BCUT2D eigenvalue weighted by Crippen LogP contribution is -2.53. The number of amides is 2. The third-order valence-corrected chi connectivity index (χ3v) is 4.80. The molecular formula is C20H29ClN2O3. The van der Waals surface area contributed by atoms with Crippen LogP contribution in [0, 0.1) is 0 Å². The maximum Gasteiger partial charge on any atom is 0.410 e. The summed E-state index contributed by atoms with van der Waals surface area (Å²) in [4.78, 5) is 29.1. The molecule has 1 aromatic carbocycles. The Labute approximate surface area is 161 Å². The van der Waals surface area contributed by atoms with Gasteiger partial charge in [-0.05, 0) is 58.6 Å². The van der Waals surface area contributed by atoms with Gasteiger partial charge in [0.2, 0.25) is 5.91 Å². The lowest BCUT2D eigenvalue weighted by Gasteiger charge is -2.38. The molecule has 0 saturated carbocycles. The molecule has 1 fully saturated rings. The molecule has 5 nitrogen and oxygen atoms in total. The van der Waals surface area contributed by atoms with Crippen molar-refractivity contribution >= 4 is 23.6 Å². The van der Waals surface area contributed by atoms with Gasteiger partial charge in [-0.15, -0.1) is 0 Å². The van der Waals surface area contributed by atoms with Gasteiger partial charge in [0.25, 0.3) is 0 Å². The molecule has 0 radical (unpaired) electrons. The number of hydrogen-bond acceptors (Lipinski definition) is 3. The van der Waals surface area contributed by atoms with E-state index in [1.165, 1.54) is 0 Å². The SMILES string of the molecule is CCN(Cc1ccccc1Cl)C(=O)[C@H]1CCCCN1C(=O)OC(C)(C)C. The van der Waals surface area contributed by atoms with Gasteiger partial charge in [-0.1, -0.05) is 29.8 Å². The fraction of sp³-hybridized carbons (Fsp3) is 0.600. The molecule has 0 unspecified atom stereocenters. The average molecular weight is 381 g/mol. The summed E-state index contributed by atoms with van der Waals surface area (Å²) in [5.74, 6) is -0.0435. The van der Waals surface area contributed by atoms with Crippen molar-refractivity contribution in [3.8, 4) is 0 Å². The monoisotopic (exact) mass is 380 g/mol. The minimum absolute atomic E-state index is 0.0435. The van der Waals surface area contributed by atoms with Crippen LogP contribution in [-0.2, 0) is 16.1 Å². The lowest BCUT2D eigenvalue weighted by molar-refractivity contribution is -0.138. The number of hydrogen-bond donors (Lipinski definition) is 0. The maximum atomic E-state index is 13.2. The Morgan fingerprint density at radius 3 is 2.58 bits per heavy atom. The highest BCUT2D eigenvalue weighted by atomic mass is 35.5. The average Bonchev–Trinajstić information content (AvgIpc) is 2.59. The molecule has 0 spiro atoms. The highest BCUT2D eigenvalue weighted by Crippen LogP contribution is 2.24. The summed E-state index contributed by atoms with van der Waals surface area (Å²) in [6, 6.07) is 7.05. The van der Waals surface area contributed by atoms with Crippen molar-refractivity contribution in [1.29, 1.82) is 0 Å². The minimum Gasteiger partial charge on any atom is -0.444 e. The van der Waals surface area contributed by atoms with Gasteiger partial charge in [-0.25, -0.2) is 4.79 Å². The van der Waals surface area contributed by atoms with E-state index in [1.54, 1.807) is 9.80 Å². The predicted molar refractivity (Wildman–Crippen MR) is 103 cm³/mol. The topological polar surface area (TPSA) is 49.9 Å². The number of nitrogens with zero attached hydrogens (tertiary/aromatic N) is 2. The third kappa shape index (κ3) is 5.37. The molecule has 1 aliphatic heterocycles. The first kappa shape index (κ1) is 20.6. The Balaban J connectivity index is 2.15. The summed E-state index contributed by atoms with van der Waals surface area (Å²) >= 11 is 6.25. The molecule has 0 bridgehead atoms. The Kier molecular flexibility index (Phi) is 6.93. The van der Waals surface area contributed by atoms with Crippen molar-refractivity contribution in [2.45, 2.75) is 65.1 Å². The van der Waals surface area contributed by atoms with E-state index in [1.807, 2.05) is 52.0 Å². The van der Waals surface area contributed by atoms with Crippen LogP contribution in [0.5, 0.6) is 0 Å². The van der Waals surface area contributed by atoms with E-state index in [9.17, 15) is 9.59 Å². The molecule has 26 heavy (non-hydrogen) atoms. The summed E-state index contributed by atoms with van der Waals surface area (Å²) < 4.78 is 5.50. The van der Waals surface area contributed by atoms with Crippen LogP contribution >= 0.6 is 11.6 Å². The molecule has 144 valence electrons. The quantitative estimate of drug-likeness (QED) is 0.773. The Hall–Kier alpha value is -1.75. The lowest BCUT2D eigenvalue weighted by atomic mass is 10.0. The summed E-state index contributed by atoms with van der Waals surface area (Å²) in [5.41, 5.74) is 0.327. The molecule has 1 saturated heterocycles. The highest BCUT2D eigenvalue weighted by Gasteiger charge is 2.36. The van der Waals surface area contributed by atoms with E-state index in [2.05, 4.69) is 0 Å². The van der Waals surface area contributed by atoms with E-state index in [4.69, 9.17) is 16.3 Å². The number of carbonyl (C=O) groups is 2. The fourth-order valence-electron chi connectivity index (χ4n) is 3.12. The summed E-state index contributed by atoms with van der Waals surface area (Å²) in [6.07, 6.45) is 2.07. The second-order valence-corrected chi connectivity index (χ2v) is 8.04. The molecule has 2 amide bonds. The zero-order chi connectivity index (χ0) is 19.3. The van der Waals surface area contributed by atoms with Crippen molar-refractivity contribution in [3.05, 3.63) is 34.9 Å². The zero-order valence-electron chi connectivity index (χ0n) is 16.1.